The van der Waals surface area contributed by atoms with Crippen molar-refractivity contribution < 1.29 is 52.0 Å². The summed E-state index contributed by atoms with van der Waals surface area (Å²) in [6.45, 7) is 0.859. The predicted octanol–water partition coefficient (Wildman–Crippen LogP) is 7.23. The van der Waals surface area contributed by atoms with E-state index in [4.69, 9.17) is 29.2 Å². The summed E-state index contributed by atoms with van der Waals surface area (Å²) in [4.78, 5) is 37.4. The fourth-order valence-corrected chi connectivity index (χ4v) is 4.25. The van der Waals surface area contributed by atoms with Crippen LogP contribution in [-0.2, 0) is 17.4 Å². The number of hydrogen-bond donors (Lipinski definition) is 2. The maximum absolute atomic E-state index is 12.6. The number of piperidine rings is 1. The van der Waals surface area contributed by atoms with Crippen LogP contribution in [0.1, 0.15) is 24.0 Å². The Labute approximate surface area is 250 Å². The predicted molar refractivity (Wildman–Crippen MR) is 146 cm³/mol. The number of halogens is 5. The number of carboxylic acid groups (broad SMARTS) is 2. The molecule has 1 saturated heterocycles. The van der Waals surface area contributed by atoms with Gasteiger partial charge in [0, 0.05) is 49.8 Å². The van der Waals surface area contributed by atoms with Crippen molar-refractivity contribution in [3.63, 3.8) is 0 Å². The third-order valence-electron chi connectivity index (χ3n) is 5.66. The molecule has 2 N–H and O–H groups in total. The van der Waals surface area contributed by atoms with Crippen molar-refractivity contribution in [2.45, 2.75) is 31.5 Å². The summed E-state index contributed by atoms with van der Waals surface area (Å²) in [7, 11) is 0. The quantitative estimate of drug-likeness (QED) is 0.249. The van der Waals surface area contributed by atoms with Crippen LogP contribution in [0.15, 0.2) is 65.3 Å². The van der Waals surface area contributed by atoms with Crippen molar-refractivity contribution in [3.8, 4) is 23.1 Å². The lowest BCUT2D eigenvalue weighted by atomic mass is 10.1. The number of pyridine rings is 1. The minimum absolute atomic E-state index is 0.00364. The highest BCUT2D eigenvalue weighted by atomic mass is 79.9. The van der Waals surface area contributed by atoms with Gasteiger partial charge >= 0.3 is 23.7 Å². The average Bonchev–Trinajstić information content (AvgIpc) is 2.91. The lowest BCUT2D eigenvalue weighted by Crippen LogP contribution is -2.43. The van der Waals surface area contributed by atoms with Crippen LogP contribution < -0.4 is 14.2 Å². The summed E-state index contributed by atoms with van der Waals surface area (Å²) in [5.41, 5.74) is -1.58. The molecule has 4 rings (SSSR count). The highest BCUT2D eigenvalue weighted by Crippen LogP contribution is 2.31. The molecule has 1 aliphatic rings. The van der Waals surface area contributed by atoms with Crippen molar-refractivity contribution in [2.75, 3.05) is 13.1 Å². The van der Waals surface area contributed by atoms with Gasteiger partial charge in [0.25, 0.3) is 0 Å². The van der Waals surface area contributed by atoms with Gasteiger partial charge in [-0.15, -0.1) is 0 Å². The number of nitrogens with zero attached hydrogens (tertiary/aromatic N) is 2. The van der Waals surface area contributed by atoms with E-state index in [9.17, 15) is 22.8 Å². The number of carbonyl (C=O) groups is 3. The Kier molecular flexibility index (Phi) is 11.4. The minimum Gasteiger partial charge on any atom is -0.489 e. The molecule has 3 aromatic rings. The summed E-state index contributed by atoms with van der Waals surface area (Å²) < 4.78 is 55.5. The number of benzene rings is 2. The first-order chi connectivity index (χ1) is 19.8. The standard InChI is InChI=1S/C26H22BrF3N2O6.CHClO2/c27-21-13-16(14-24(33)34)1-7-22(21)36-20-9-11-32(12-10-20)25(35)38-19-5-3-18(4-6-19)37-23-8-2-17(15-31-23)26(28,29)30;2-1(3)4/h1-8,13,15,20H,9-12,14H2,(H,33,34);(H,3,4). The van der Waals surface area contributed by atoms with Crippen LogP contribution in [0.25, 0.3) is 0 Å². The molecule has 1 fully saturated rings. The summed E-state index contributed by atoms with van der Waals surface area (Å²) >= 11 is 7.60. The second-order valence-corrected chi connectivity index (χ2v) is 9.89. The van der Waals surface area contributed by atoms with Gasteiger partial charge < -0.3 is 29.3 Å². The van der Waals surface area contributed by atoms with Gasteiger partial charge in [0.1, 0.15) is 23.4 Å². The van der Waals surface area contributed by atoms with Crippen LogP contribution in [-0.4, -0.2) is 56.8 Å². The van der Waals surface area contributed by atoms with Crippen molar-refractivity contribution >= 4 is 45.0 Å². The van der Waals surface area contributed by atoms with Gasteiger partial charge in [-0.2, -0.15) is 13.2 Å². The smallest absolute Gasteiger partial charge is 0.417 e. The molecule has 15 heteroatoms. The number of alkyl halides is 3. The van der Waals surface area contributed by atoms with E-state index >= 15 is 0 Å². The Balaban J connectivity index is 0.00000114. The molecule has 1 aliphatic heterocycles. The molecule has 0 aliphatic carbocycles. The van der Waals surface area contributed by atoms with E-state index in [1.165, 1.54) is 24.3 Å². The molecule has 1 amide bonds. The molecule has 2 aromatic carbocycles. The van der Waals surface area contributed by atoms with E-state index in [-0.39, 0.29) is 24.2 Å². The molecule has 0 unspecified atom stereocenters. The third kappa shape index (κ3) is 10.4. The first kappa shape index (κ1) is 32.5. The van der Waals surface area contributed by atoms with Gasteiger partial charge in [-0.25, -0.2) is 14.6 Å². The number of aromatic nitrogens is 1. The highest BCUT2D eigenvalue weighted by molar-refractivity contribution is 9.10. The first-order valence-corrected chi connectivity index (χ1v) is 13.3. The van der Waals surface area contributed by atoms with Crippen LogP contribution in [0.4, 0.5) is 22.8 Å². The second kappa shape index (κ2) is 14.7. The zero-order valence-corrected chi connectivity index (χ0v) is 23.9. The van der Waals surface area contributed by atoms with Gasteiger partial charge in [-0.3, -0.25) is 4.79 Å². The fourth-order valence-electron chi connectivity index (χ4n) is 3.73. The SMILES string of the molecule is O=C(O)Cc1ccc(OC2CCN(C(=O)Oc3ccc(Oc4ccc(C(F)(F)F)cn4)cc3)CC2)c(Br)c1.O=C(O)Cl. The van der Waals surface area contributed by atoms with E-state index in [1.807, 2.05) is 0 Å². The van der Waals surface area contributed by atoms with Gasteiger partial charge in [0.2, 0.25) is 5.88 Å². The summed E-state index contributed by atoms with van der Waals surface area (Å²) in [5.74, 6) is 0.290. The Bertz CT molecular complexity index is 1380. The highest BCUT2D eigenvalue weighted by Gasteiger charge is 2.31. The number of carbonyl (C=O) groups excluding carboxylic acids is 1. The largest absolute Gasteiger partial charge is 0.489 e. The molecule has 10 nitrogen and oxygen atoms in total. The normalized spacial score (nSPS) is 13.4. The minimum atomic E-state index is -4.48. The second-order valence-electron chi connectivity index (χ2n) is 8.72. The van der Waals surface area contributed by atoms with E-state index < -0.39 is 29.2 Å². The van der Waals surface area contributed by atoms with Crippen molar-refractivity contribution in [3.05, 3.63) is 76.4 Å². The first-order valence-electron chi connectivity index (χ1n) is 12.1. The van der Waals surface area contributed by atoms with Crippen molar-refractivity contribution in [1.82, 2.24) is 9.88 Å². The number of carboxylic acids is 1. The molecule has 2 heterocycles. The van der Waals surface area contributed by atoms with Gasteiger partial charge in [-0.05, 0) is 64.0 Å². The lowest BCUT2D eigenvalue weighted by molar-refractivity contribution is -0.138. The zero-order chi connectivity index (χ0) is 30.9. The summed E-state index contributed by atoms with van der Waals surface area (Å²) in [6, 6.07) is 13.2. The molecule has 224 valence electrons. The summed E-state index contributed by atoms with van der Waals surface area (Å²) in [5, 5.41) is 16.1. The number of ether oxygens (including phenoxy) is 3. The van der Waals surface area contributed by atoms with Gasteiger partial charge in [0.15, 0.2) is 0 Å². The number of rotatable bonds is 7. The average molecular weight is 676 g/mol. The van der Waals surface area contributed by atoms with Crippen LogP contribution in [0.5, 0.6) is 23.1 Å². The van der Waals surface area contributed by atoms with E-state index in [2.05, 4.69) is 32.5 Å². The molecule has 0 saturated carbocycles. The Morgan fingerprint density at radius 1 is 1.00 bits per heavy atom. The molecule has 1 aromatic heterocycles. The Hall–Kier alpha value is -4.04. The number of amides is 1. The third-order valence-corrected chi connectivity index (χ3v) is 6.28. The van der Waals surface area contributed by atoms with Gasteiger partial charge in [-0.1, -0.05) is 6.07 Å². The monoisotopic (exact) mass is 674 g/mol. The topological polar surface area (TPSA) is 135 Å². The number of hydrogen-bond acceptors (Lipinski definition) is 7. The number of likely N-dealkylation sites (tertiary alicyclic amines) is 1. The van der Waals surface area contributed by atoms with Crippen LogP contribution in [0, 0.1) is 0 Å². The van der Waals surface area contributed by atoms with Crippen molar-refractivity contribution in [1.29, 1.82) is 0 Å². The van der Waals surface area contributed by atoms with Crippen molar-refractivity contribution in [2.24, 2.45) is 0 Å². The van der Waals surface area contributed by atoms with E-state index in [0.29, 0.717) is 53.7 Å². The van der Waals surface area contributed by atoms with Crippen LogP contribution in [0.3, 0.4) is 0 Å². The molecule has 0 atom stereocenters. The van der Waals surface area contributed by atoms with Gasteiger partial charge in [0.05, 0.1) is 16.5 Å². The molecular weight excluding hydrogens is 653 g/mol. The molecule has 0 spiro atoms. The van der Waals surface area contributed by atoms with E-state index in [0.717, 1.165) is 12.1 Å². The van der Waals surface area contributed by atoms with E-state index in [1.54, 1.807) is 23.1 Å². The summed E-state index contributed by atoms with van der Waals surface area (Å²) in [6.07, 6.45) is -3.32. The van der Waals surface area contributed by atoms with Crippen LogP contribution in [0.2, 0.25) is 0 Å². The zero-order valence-electron chi connectivity index (χ0n) is 21.5. The van der Waals surface area contributed by atoms with Crippen LogP contribution >= 0.6 is 27.5 Å². The Morgan fingerprint density at radius 3 is 2.14 bits per heavy atom. The number of aliphatic carboxylic acids is 1. The fraction of sp³-hybridized carbons (Fsp3) is 0.259. The Morgan fingerprint density at radius 2 is 1.62 bits per heavy atom. The molecule has 0 bridgehead atoms. The lowest BCUT2D eigenvalue weighted by Gasteiger charge is -2.31. The molecule has 0 radical (unpaired) electrons. The maximum atomic E-state index is 12.6. The molecule has 42 heavy (non-hydrogen) atoms. The molecular formula is C27H23BrClF3N2O8. The maximum Gasteiger partial charge on any atom is 0.417 e.